The Morgan fingerprint density at radius 2 is 1.92 bits per heavy atom. The summed E-state index contributed by atoms with van der Waals surface area (Å²) in [6.45, 7) is 4.80. The zero-order valence-electron chi connectivity index (χ0n) is 14.7. The summed E-state index contributed by atoms with van der Waals surface area (Å²) in [6, 6.07) is 5.92. The van der Waals surface area contributed by atoms with Gasteiger partial charge in [0.2, 0.25) is 0 Å². The topological polar surface area (TPSA) is 47.5 Å². The van der Waals surface area contributed by atoms with Crippen molar-refractivity contribution in [1.29, 1.82) is 0 Å². The summed E-state index contributed by atoms with van der Waals surface area (Å²) in [7, 11) is 3.40. The quantitative estimate of drug-likeness (QED) is 0.816. The second-order valence-electron chi connectivity index (χ2n) is 6.11. The number of fused-ring (bicyclic) bond motifs is 1. The van der Waals surface area contributed by atoms with Crippen molar-refractivity contribution < 1.29 is 9.47 Å². The van der Waals surface area contributed by atoms with E-state index in [2.05, 4.69) is 16.8 Å². The maximum atomic E-state index is 5.51. The van der Waals surface area contributed by atoms with Crippen molar-refractivity contribution in [1.82, 2.24) is 14.9 Å². The zero-order valence-corrected chi connectivity index (χ0v) is 14.7. The second-order valence-corrected chi connectivity index (χ2v) is 6.11. The van der Waals surface area contributed by atoms with Crippen molar-refractivity contribution in [3.8, 4) is 11.5 Å². The molecule has 5 heteroatoms. The Balaban J connectivity index is 1.77. The van der Waals surface area contributed by atoms with E-state index < -0.39 is 0 Å². The van der Waals surface area contributed by atoms with Crippen LogP contribution in [0.1, 0.15) is 36.0 Å². The minimum Gasteiger partial charge on any atom is -0.496 e. The highest BCUT2D eigenvalue weighted by Gasteiger charge is 2.21. The number of aromatic nitrogens is 2. The van der Waals surface area contributed by atoms with E-state index >= 15 is 0 Å². The summed E-state index contributed by atoms with van der Waals surface area (Å²) in [4.78, 5) is 11.6. The Hall–Kier alpha value is -2.14. The lowest BCUT2D eigenvalue weighted by Crippen LogP contribution is -2.31. The van der Waals surface area contributed by atoms with Gasteiger partial charge in [0.25, 0.3) is 0 Å². The Morgan fingerprint density at radius 1 is 1.17 bits per heavy atom. The van der Waals surface area contributed by atoms with Crippen LogP contribution in [0.15, 0.2) is 24.4 Å². The van der Waals surface area contributed by atoms with Gasteiger partial charge < -0.3 is 9.47 Å². The molecule has 0 radical (unpaired) electrons. The van der Waals surface area contributed by atoms with Gasteiger partial charge in [0.05, 0.1) is 19.8 Å². The van der Waals surface area contributed by atoms with E-state index in [1.165, 1.54) is 11.3 Å². The summed E-state index contributed by atoms with van der Waals surface area (Å²) in [5, 5.41) is 0. The second kappa shape index (κ2) is 7.62. The largest absolute Gasteiger partial charge is 0.496 e. The van der Waals surface area contributed by atoms with Crippen LogP contribution in [0.2, 0.25) is 0 Å². The number of rotatable bonds is 6. The molecule has 0 spiro atoms. The molecule has 0 saturated heterocycles. The van der Waals surface area contributed by atoms with Crippen LogP contribution >= 0.6 is 0 Å². The van der Waals surface area contributed by atoms with Crippen LogP contribution < -0.4 is 9.47 Å². The molecule has 1 aromatic heterocycles. The summed E-state index contributed by atoms with van der Waals surface area (Å²) in [5.74, 6) is 2.71. The van der Waals surface area contributed by atoms with Crippen LogP contribution in [-0.2, 0) is 25.9 Å². The minimum atomic E-state index is 0.795. The van der Waals surface area contributed by atoms with Gasteiger partial charge in [-0.2, -0.15) is 0 Å². The van der Waals surface area contributed by atoms with Gasteiger partial charge in [-0.3, -0.25) is 4.90 Å². The summed E-state index contributed by atoms with van der Waals surface area (Å²) in [6.07, 6.45) is 5.00. The predicted molar refractivity (Wildman–Crippen MR) is 93.4 cm³/mol. The normalized spacial score (nSPS) is 14.3. The molecule has 0 aliphatic carbocycles. The summed E-state index contributed by atoms with van der Waals surface area (Å²) >= 11 is 0. The molecule has 128 valence electrons. The lowest BCUT2D eigenvalue weighted by molar-refractivity contribution is 0.234. The average Bonchev–Trinajstić information content (AvgIpc) is 2.62. The molecule has 2 heterocycles. The van der Waals surface area contributed by atoms with Crippen LogP contribution in [0.5, 0.6) is 11.5 Å². The van der Waals surface area contributed by atoms with E-state index in [1.807, 2.05) is 24.4 Å². The van der Waals surface area contributed by atoms with Crippen molar-refractivity contribution in [2.75, 3.05) is 20.8 Å². The van der Waals surface area contributed by atoms with E-state index in [1.54, 1.807) is 14.2 Å². The highest BCUT2D eigenvalue weighted by Crippen LogP contribution is 2.31. The Labute approximate surface area is 143 Å². The van der Waals surface area contributed by atoms with E-state index in [-0.39, 0.29) is 0 Å². The SMILES string of the molecule is CCCc1ncc2c(n1)CCN(Cc1c(OC)cccc1OC)C2. The molecule has 1 aliphatic heterocycles. The highest BCUT2D eigenvalue weighted by molar-refractivity contribution is 5.44. The first-order chi connectivity index (χ1) is 11.7. The third-order valence-electron chi connectivity index (χ3n) is 4.45. The van der Waals surface area contributed by atoms with Gasteiger partial charge in [0, 0.05) is 49.9 Å². The monoisotopic (exact) mass is 327 g/mol. The number of ether oxygens (including phenoxy) is 2. The molecule has 24 heavy (non-hydrogen) atoms. The number of methoxy groups -OCH3 is 2. The number of hydrogen-bond acceptors (Lipinski definition) is 5. The molecule has 0 unspecified atom stereocenters. The molecule has 0 fully saturated rings. The molecule has 0 atom stereocenters. The van der Waals surface area contributed by atoms with Gasteiger partial charge >= 0.3 is 0 Å². The lowest BCUT2D eigenvalue weighted by Gasteiger charge is -2.29. The van der Waals surface area contributed by atoms with Gasteiger partial charge in [-0.25, -0.2) is 9.97 Å². The van der Waals surface area contributed by atoms with E-state index in [0.717, 1.165) is 61.8 Å². The molecule has 2 aromatic rings. The van der Waals surface area contributed by atoms with E-state index in [9.17, 15) is 0 Å². The first-order valence-electron chi connectivity index (χ1n) is 8.51. The molecular weight excluding hydrogens is 302 g/mol. The smallest absolute Gasteiger partial charge is 0.128 e. The number of nitrogens with zero attached hydrogens (tertiary/aromatic N) is 3. The minimum absolute atomic E-state index is 0.795. The van der Waals surface area contributed by atoms with Crippen LogP contribution in [0, 0.1) is 0 Å². The Kier molecular flexibility index (Phi) is 5.30. The predicted octanol–water partition coefficient (Wildman–Crippen LogP) is 3.00. The van der Waals surface area contributed by atoms with Gasteiger partial charge in [0.1, 0.15) is 17.3 Å². The third kappa shape index (κ3) is 3.51. The fourth-order valence-corrected chi connectivity index (χ4v) is 3.20. The molecule has 0 saturated carbocycles. The fourth-order valence-electron chi connectivity index (χ4n) is 3.20. The first-order valence-corrected chi connectivity index (χ1v) is 8.51. The van der Waals surface area contributed by atoms with Crippen molar-refractivity contribution in [2.24, 2.45) is 0 Å². The van der Waals surface area contributed by atoms with E-state index in [0.29, 0.717) is 0 Å². The molecule has 1 aliphatic rings. The molecule has 0 bridgehead atoms. The van der Waals surface area contributed by atoms with Crippen LogP contribution in [0.3, 0.4) is 0 Å². The summed E-state index contributed by atoms with van der Waals surface area (Å²) in [5.41, 5.74) is 3.53. The van der Waals surface area contributed by atoms with Crippen LogP contribution in [0.4, 0.5) is 0 Å². The number of aryl methyl sites for hydroxylation is 1. The Morgan fingerprint density at radius 3 is 2.58 bits per heavy atom. The lowest BCUT2D eigenvalue weighted by atomic mass is 10.1. The van der Waals surface area contributed by atoms with Crippen molar-refractivity contribution >= 4 is 0 Å². The Bertz CT molecular complexity index is 681. The standard InChI is InChI=1S/C19H25N3O2/c1-4-6-19-20-11-14-12-22(10-9-16(14)21-19)13-15-17(23-2)7-5-8-18(15)24-3/h5,7-8,11H,4,6,9-10,12-13H2,1-3H3. The fraction of sp³-hybridized carbons (Fsp3) is 0.474. The van der Waals surface area contributed by atoms with Gasteiger partial charge in [-0.15, -0.1) is 0 Å². The molecule has 0 N–H and O–H groups in total. The zero-order chi connectivity index (χ0) is 16.9. The van der Waals surface area contributed by atoms with Crippen molar-refractivity contribution in [2.45, 2.75) is 39.3 Å². The van der Waals surface area contributed by atoms with Gasteiger partial charge in [-0.05, 0) is 18.6 Å². The number of benzene rings is 1. The van der Waals surface area contributed by atoms with Gasteiger partial charge in [-0.1, -0.05) is 13.0 Å². The molecule has 3 rings (SSSR count). The van der Waals surface area contributed by atoms with E-state index in [4.69, 9.17) is 14.5 Å². The maximum Gasteiger partial charge on any atom is 0.128 e. The van der Waals surface area contributed by atoms with Crippen molar-refractivity contribution in [3.05, 3.63) is 47.0 Å². The van der Waals surface area contributed by atoms with Gasteiger partial charge in [0.15, 0.2) is 0 Å². The maximum absolute atomic E-state index is 5.51. The third-order valence-corrected chi connectivity index (χ3v) is 4.45. The van der Waals surface area contributed by atoms with Crippen molar-refractivity contribution in [3.63, 3.8) is 0 Å². The molecule has 1 aromatic carbocycles. The molecular formula is C19H25N3O2. The molecule has 0 amide bonds. The molecule has 5 nitrogen and oxygen atoms in total. The highest BCUT2D eigenvalue weighted by atomic mass is 16.5. The number of hydrogen-bond donors (Lipinski definition) is 0. The van der Waals surface area contributed by atoms with Crippen LogP contribution in [-0.4, -0.2) is 35.6 Å². The summed E-state index contributed by atoms with van der Waals surface area (Å²) < 4.78 is 11.0. The first kappa shape index (κ1) is 16.7. The van der Waals surface area contributed by atoms with Crippen LogP contribution in [0.25, 0.3) is 0 Å². The average molecular weight is 327 g/mol.